The number of hydrogen-bond donors (Lipinski definition) is 0. The maximum atomic E-state index is 5.69. The van der Waals surface area contributed by atoms with Gasteiger partial charge in [-0.1, -0.05) is 11.6 Å². The Bertz CT molecular complexity index is 283. The second kappa shape index (κ2) is 4.84. The average Bonchev–Trinajstić information content (AvgIpc) is 2.47. The summed E-state index contributed by atoms with van der Waals surface area (Å²) in [7, 11) is 0. The summed E-state index contributed by atoms with van der Waals surface area (Å²) in [5, 5.41) is 8.39. The molecule has 0 N–H and O–H groups in total. The van der Waals surface area contributed by atoms with Crippen LogP contribution in [0.3, 0.4) is 0 Å². The molecule has 1 aromatic heterocycles. The highest BCUT2D eigenvalue weighted by Crippen LogP contribution is 2.16. The minimum absolute atomic E-state index is 0.456. The molecule has 0 radical (unpaired) electrons. The summed E-state index contributed by atoms with van der Waals surface area (Å²) in [5.41, 5.74) is 0. The molecule has 1 fully saturated rings. The number of nitrogens with zero attached hydrogens (tertiary/aromatic N) is 3. The number of aromatic nitrogens is 2. The molecular formula is C9H12ClN3S. The molecule has 5 heteroatoms. The monoisotopic (exact) mass is 229 g/mol. The van der Waals surface area contributed by atoms with E-state index in [1.54, 1.807) is 6.07 Å². The van der Waals surface area contributed by atoms with Gasteiger partial charge in [0.05, 0.1) is 0 Å². The highest BCUT2D eigenvalue weighted by molar-refractivity contribution is 7.99. The molecule has 0 aromatic carbocycles. The van der Waals surface area contributed by atoms with Crippen molar-refractivity contribution >= 4 is 29.2 Å². The molecule has 0 saturated carbocycles. The van der Waals surface area contributed by atoms with Crippen LogP contribution in [0.4, 0.5) is 5.82 Å². The Morgan fingerprint density at radius 2 is 2.14 bits per heavy atom. The van der Waals surface area contributed by atoms with Gasteiger partial charge in [0.25, 0.3) is 0 Å². The Kier molecular flexibility index (Phi) is 3.48. The summed E-state index contributed by atoms with van der Waals surface area (Å²) in [6.45, 7) is 2.13. The first-order valence-electron chi connectivity index (χ1n) is 4.68. The van der Waals surface area contributed by atoms with Gasteiger partial charge in [0, 0.05) is 18.8 Å². The maximum Gasteiger partial charge on any atom is 0.151 e. The maximum absolute atomic E-state index is 5.69. The van der Waals surface area contributed by atoms with Crippen LogP contribution in [0.25, 0.3) is 0 Å². The molecule has 0 unspecified atom stereocenters. The number of anilines is 1. The molecule has 3 nitrogen and oxygen atoms in total. The van der Waals surface area contributed by atoms with Gasteiger partial charge in [-0.25, -0.2) is 0 Å². The van der Waals surface area contributed by atoms with Crippen molar-refractivity contribution in [2.24, 2.45) is 0 Å². The van der Waals surface area contributed by atoms with Crippen LogP contribution in [0, 0.1) is 0 Å². The third-order valence-corrected chi connectivity index (χ3v) is 3.41. The fourth-order valence-electron chi connectivity index (χ4n) is 1.45. The molecule has 1 aliphatic rings. The topological polar surface area (TPSA) is 29.0 Å². The number of hydrogen-bond acceptors (Lipinski definition) is 4. The summed E-state index contributed by atoms with van der Waals surface area (Å²) in [6.07, 6.45) is 1.22. The predicted octanol–water partition coefficient (Wildman–Crippen LogP) is 2.07. The normalized spacial score (nSPS) is 17.9. The lowest BCUT2D eigenvalue weighted by molar-refractivity contribution is 0.787. The molecule has 1 aromatic rings. The second-order valence-corrected chi connectivity index (χ2v) is 4.78. The van der Waals surface area contributed by atoms with Gasteiger partial charge in [0.15, 0.2) is 11.0 Å². The Labute approximate surface area is 92.8 Å². The van der Waals surface area contributed by atoms with E-state index in [-0.39, 0.29) is 0 Å². The largest absolute Gasteiger partial charge is 0.354 e. The molecule has 2 rings (SSSR count). The molecule has 1 aliphatic heterocycles. The van der Waals surface area contributed by atoms with Crippen LogP contribution in [0.15, 0.2) is 12.1 Å². The molecular weight excluding hydrogens is 218 g/mol. The zero-order valence-corrected chi connectivity index (χ0v) is 9.39. The van der Waals surface area contributed by atoms with E-state index in [0.29, 0.717) is 5.15 Å². The van der Waals surface area contributed by atoms with Gasteiger partial charge in [-0.15, -0.1) is 10.2 Å². The van der Waals surface area contributed by atoms with Gasteiger partial charge < -0.3 is 4.90 Å². The lowest BCUT2D eigenvalue weighted by Crippen LogP contribution is -2.26. The van der Waals surface area contributed by atoms with Gasteiger partial charge in [-0.2, -0.15) is 11.8 Å². The van der Waals surface area contributed by atoms with Crippen molar-refractivity contribution in [1.82, 2.24) is 10.2 Å². The van der Waals surface area contributed by atoms with Gasteiger partial charge in [0.2, 0.25) is 0 Å². The molecule has 2 heterocycles. The van der Waals surface area contributed by atoms with Crippen molar-refractivity contribution < 1.29 is 0 Å². The zero-order chi connectivity index (χ0) is 9.80. The van der Waals surface area contributed by atoms with E-state index in [9.17, 15) is 0 Å². The lowest BCUT2D eigenvalue weighted by atomic mass is 10.4. The van der Waals surface area contributed by atoms with Crippen LogP contribution in [0.5, 0.6) is 0 Å². The fourth-order valence-corrected chi connectivity index (χ4v) is 2.44. The standard InChI is InChI=1S/C9H12ClN3S/c10-8-2-3-9(12-11-8)13-4-1-6-14-7-5-13/h2-3H,1,4-7H2. The molecule has 0 bridgehead atoms. The first kappa shape index (κ1) is 10.1. The molecule has 1 saturated heterocycles. The minimum Gasteiger partial charge on any atom is -0.354 e. The van der Waals surface area contributed by atoms with E-state index in [4.69, 9.17) is 11.6 Å². The molecule has 76 valence electrons. The second-order valence-electron chi connectivity index (χ2n) is 3.17. The quantitative estimate of drug-likeness (QED) is 0.738. The van der Waals surface area contributed by atoms with E-state index < -0.39 is 0 Å². The summed E-state index contributed by atoms with van der Waals surface area (Å²) < 4.78 is 0. The molecule has 14 heavy (non-hydrogen) atoms. The third-order valence-electron chi connectivity index (χ3n) is 2.16. The molecule has 0 amide bonds. The molecule has 0 aliphatic carbocycles. The van der Waals surface area contributed by atoms with Crippen LogP contribution in [-0.4, -0.2) is 34.8 Å². The lowest BCUT2D eigenvalue weighted by Gasteiger charge is -2.19. The summed E-state index contributed by atoms with van der Waals surface area (Å²) >= 11 is 7.69. The van der Waals surface area contributed by atoms with Gasteiger partial charge in [-0.3, -0.25) is 0 Å². The number of thioether (sulfide) groups is 1. The molecule has 0 atom stereocenters. The van der Waals surface area contributed by atoms with Gasteiger partial charge in [0.1, 0.15) is 0 Å². The van der Waals surface area contributed by atoms with E-state index in [1.165, 1.54) is 17.9 Å². The van der Waals surface area contributed by atoms with Crippen LogP contribution in [0.1, 0.15) is 6.42 Å². The summed E-state index contributed by atoms with van der Waals surface area (Å²) in [4.78, 5) is 2.27. The van der Waals surface area contributed by atoms with Crippen molar-refractivity contribution in [3.63, 3.8) is 0 Å². The van der Waals surface area contributed by atoms with Crippen LogP contribution >= 0.6 is 23.4 Å². The van der Waals surface area contributed by atoms with E-state index in [1.807, 2.05) is 17.8 Å². The average molecular weight is 230 g/mol. The highest BCUT2D eigenvalue weighted by Gasteiger charge is 2.10. The summed E-state index contributed by atoms with van der Waals surface area (Å²) in [5.74, 6) is 3.36. The number of halogens is 1. The highest BCUT2D eigenvalue weighted by atomic mass is 35.5. The predicted molar refractivity (Wildman–Crippen MR) is 61.2 cm³/mol. The fraction of sp³-hybridized carbons (Fsp3) is 0.556. The van der Waals surface area contributed by atoms with Crippen molar-refractivity contribution in [3.8, 4) is 0 Å². The third kappa shape index (κ3) is 2.51. The van der Waals surface area contributed by atoms with Crippen molar-refractivity contribution in [2.45, 2.75) is 6.42 Å². The Hall–Kier alpha value is -0.480. The van der Waals surface area contributed by atoms with Crippen LogP contribution in [0.2, 0.25) is 5.15 Å². The Morgan fingerprint density at radius 1 is 1.21 bits per heavy atom. The first-order valence-corrected chi connectivity index (χ1v) is 6.21. The van der Waals surface area contributed by atoms with Crippen molar-refractivity contribution in [2.75, 3.05) is 29.5 Å². The van der Waals surface area contributed by atoms with E-state index in [0.717, 1.165) is 18.9 Å². The smallest absolute Gasteiger partial charge is 0.151 e. The zero-order valence-electron chi connectivity index (χ0n) is 7.82. The van der Waals surface area contributed by atoms with Gasteiger partial charge >= 0.3 is 0 Å². The van der Waals surface area contributed by atoms with E-state index >= 15 is 0 Å². The van der Waals surface area contributed by atoms with Crippen LogP contribution < -0.4 is 4.90 Å². The Balaban J connectivity index is 2.08. The van der Waals surface area contributed by atoms with Crippen molar-refractivity contribution in [1.29, 1.82) is 0 Å². The van der Waals surface area contributed by atoms with E-state index in [2.05, 4.69) is 15.1 Å². The first-order chi connectivity index (χ1) is 6.86. The van der Waals surface area contributed by atoms with Crippen molar-refractivity contribution in [3.05, 3.63) is 17.3 Å². The van der Waals surface area contributed by atoms with Gasteiger partial charge in [-0.05, 0) is 24.3 Å². The SMILES string of the molecule is Clc1ccc(N2CCCSCC2)nn1. The summed E-state index contributed by atoms with van der Waals surface area (Å²) in [6, 6.07) is 3.73. The molecule has 0 spiro atoms. The Morgan fingerprint density at radius 3 is 2.93 bits per heavy atom. The minimum atomic E-state index is 0.456. The van der Waals surface area contributed by atoms with Crippen LogP contribution in [-0.2, 0) is 0 Å². The number of rotatable bonds is 1.